The molecule has 0 saturated heterocycles. The molecule has 1 unspecified atom stereocenters. The number of methoxy groups -OCH3 is 1. The fourth-order valence-electron chi connectivity index (χ4n) is 2.38. The molecule has 0 fully saturated rings. The third kappa shape index (κ3) is 3.07. The highest BCUT2D eigenvalue weighted by Crippen LogP contribution is 2.27. The standard InChI is InChI=1S/C17H16FN3O2S/c1-10-9-24-16(19-10)15-20-11(2)14(17(22)23-3)8-21(15)13-6-4-12(18)5-7-13/h4-9,11H,1-3H3. The van der Waals surface area contributed by atoms with Crippen LogP contribution >= 0.6 is 11.3 Å². The molecule has 2 heterocycles. The maximum absolute atomic E-state index is 13.3. The molecule has 124 valence electrons. The maximum atomic E-state index is 13.3. The number of aromatic nitrogens is 1. The van der Waals surface area contributed by atoms with Gasteiger partial charge in [-0.3, -0.25) is 9.89 Å². The van der Waals surface area contributed by atoms with Crippen molar-refractivity contribution in [1.82, 2.24) is 4.98 Å². The number of hydrogen-bond donors (Lipinski definition) is 0. The van der Waals surface area contributed by atoms with Crippen LogP contribution in [0.1, 0.15) is 17.6 Å². The van der Waals surface area contributed by atoms with Gasteiger partial charge in [0.05, 0.1) is 18.7 Å². The first kappa shape index (κ1) is 16.3. The molecule has 1 aromatic heterocycles. The molecule has 0 bridgehead atoms. The predicted molar refractivity (Wildman–Crippen MR) is 91.8 cm³/mol. The number of nitrogens with zero attached hydrogens (tertiary/aromatic N) is 3. The summed E-state index contributed by atoms with van der Waals surface area (Å²) in [5, 5.41) is 2.68. The summed E-state index contributed by atoms with van der Waals surface area (Å²) in [6.45, 7) is 3.73. The zero-order chi connectivity index (χ0) is 17.3. The zero-order valence-electron chi connectivity index (χ0n) is 13.5. The number of thiazole rings is 1. The number of rotatable bonds is 3. The van der Waals surface area contributed by atoms with Crippen molar-refractivity contribution in [2.24, 2.45) is 4.99 Å². The van der Waals surface area contributed by atoms with E-state index in [4.69, 9.17) is 4.74 Å². The number of carbonyl (C=O) groups is 1. The first-order valence-corrected chi connectivity index (χ1v) is 8.22. The van der Waals surface area contributed by atoms with Crippen molar-refractivity contribution >= 4 is 28.8 Å². The van der Waals surface area contributed by atoms with Crippen molar-refractivity contribution < 1.29 is 13.9 Å². The molecule has 1 aromatic carbocycles. The summed E-state index contributed by atoms with van der Waals surface area (Å²) in [6.07, 6.45) is 1.68. The normalized spacial score (nSPS) is 17.3. The van der Waals surface area contributed by atoms with Gasteiger partial charge < -0.3 is 4.74 Å². The monoisotopic (exact) mass is 345 g/mol. The summed E-state index contributed by atoms with van der Waals surface area (Å²) < 4.78 is 18.1. The van der Waals surface area contributed by atoms with Crippen LogP contribution in [0.25, 0.3) is 0 Å². The van der Waals surface area contributed by atoms with Crippen LogP contribution in [-0.4, -0.2) is 29.9 Å². The number of aliphatic imine (C=N–C) groups is 1. The van der Waals surface area contributed by atoms with Crippen LogP contribution in [0.5, 0.6) is 0 Å². The molecule has 1 atom stereocenters. The summed E-state index contributed by atoms with van der Waals surface area (Å²) in [6, 6.07) is 5.64. The fourth-order valence-corrected chi connectivity index (χ4v) is 3.17. The third-order valence-electron chi connectivity index (χ3n) is 3.60. The molecule has 0 aliphatic carbocycles. The first-order chi connectivity index (χ1) is 11.5. The number of esters is 1. The SMILES string of the molecule is COC(=O)C1=CN(c2ccc(F)cc2)C(c2nc(C)cs2)=NC1C. The van der Waals surface area contributed by atoms with Gasteiger partial charge in [0.1, 0.15) is 5.82 Å². The summed E-state index contributed by atoms with van der Waals surface area (Å²) in [5.41, 5.74) is 2.02. The van der Waals surface area contributed by atoms with Crippen molar-refractivity contribution in [3.05, 3.63) is 57.9 Å². The predicted octanol–water partition coefficient (Wildman–Crippen LogP) is 3.30. The van der Waals surface area contributed by atoms with Gasteiger partial charge in [-0.2, -0.15) is 0 Å². The van der Waals surface area contributed by atoms with E-state index in [1.807, 2.05) is 19.2 Å². The molecule has 0 spiro atoms. The van der Waals surface area contributed by atoms with Gasteiger partial charge in [0.25, 0.3) is 0 Å². The molecule has 3 rings (SSSR count). The van der Waals surface area contributed by atoms with Crippen LogP contribution in [0, 0.1) is 12.7 Å². The summed E-state index contributed by atoms with van der Waals surface area (Å²) >= 11 is 1.47. The van der Waals surface area contributed by atoms with E-state index in [2.05, 4.69) is 9.98 Å². The molecular weight excluding hydrogens is 329 g/mol. The smallest absolute Gasteiger partial charge is 0.337 e. The lowest BCUT2D eigenvalue weighted by atomic mass is 10.1. The minimum Gasteiger partial charge on any atom is -0.466 e. The molecule has 1 aliphatic rings. The number of halogens is 1. The van der Waals surface area contributed by atoms with Crippen molar-refractivity contribution in [2.75, 3.05) is 12.0 Å². The van der Waals surface area contributed by atoms with Crippen molar-refractivity contribution in [3.8, 4) is 0 Å². The fraction of sp³-hybridized carbons (Fsp3) is 0.235. The van der Waals surface area contributed by atoms with E-state index in [9.17, 15) is 9.18 Å². The van der Waals surface area contributed by atoms with Crippen LogP contribution < -0.4 is 4.90 Å². The van der Waals surface area contributed by atoms with E-state index in [1.54, 1.807) is 23.2 Å². The molecule has 5 nitrogen and oxygen atoms in total. The van der Waals surface area contributed by atoms with E-state index in [0.29, 0.717) is 17.1 Å². The second kappa shape index (κ2) is 6.52. The van der Waals surface area contributed by atoms with Crippen LogP contribution in [-0.2, 0) is 9.53 Å². The lowest BCUT2D eigenvalue weighted by Gasteiger charge is -2.28. The Morgan fingerprint density at radius 1 is 1.33 bits per heavy atom. The number of benzene rings is 1. The second-order valence-electron chi connectivity index (χ2n) is 5.35. The van der Waals surface area contributed by atoms with Crippen molar-refractivity contribution in [2.45, 2.75) is 19.9 Å². The molecule has 24 heavy (non-hydrogen) atoms. The van der Waals surface area contributed by atoms with E-state index >= 15 is 0 Å². The Morgan fingerprint density at radius 3 is 2.62 bits per heavy atom. The summed E-state index contributed by atoms with van der Waals surface area (Å²) in [5.74, 6) is -0.141. The first-order valence-electron chi connectivity index (χ1n) is 7.34. The summed E-state index contributed by atoms with van der Waals surface area (Å²) in [7, 11) is 1.33. The largest absolute Gasteiger partial charge is 0.466 e. The third-order valence-corrected chi connectivity index (χ3v) is 4.55. The van der Waals surface area contributed by atoms with E-state index < -0.39 is 5.97 Å². The number of amidine groups is 1. The molecule has 0 amide bonds. The van der Waals surface area contributed by atoms with Gasteiger partial charge in [-0.05, 0) is 38.1 Å². The molecular formula is C17H16FN3O2S. The lowest BCUT2D eigenvalue weighted by molar-refractivity contribution is -0.136. The molecule has 7 heteroatoms. The van der Waals surface area contributed by atoms with Crippen LogP contribution in [0.2, 0.25) is 0 Å². The molecule has 0 radical (unpaired) electrons. The number of aryl methyl sites for hydroxylation is 1. The molecule has 1 aliphatic heterocycles. The maximum Gasteiger partial charge on any atom is 0.337 e. The Balaban J connectivity index is 2.09. The Kier molecular flexibility index (Phi) is 4.44. The van der Waals surface area contributed by atoms with Gasteiger partial charge >= 0.3 is 5.97 Å². The van der Waals surface area contributed by atoms with Gasteiger partial charge in [-0.25, -0.2) is 14.2 Å². The lowest BCUT2D eigenvalue weighted by Crippen LogP contribution is -2.35. The minimum atomic E-state index is -0.437. The average molecular weight is 345 g/mol. The highest BCUT2D eigenvalue weighted by Gasteiger charge is 2.28. The van der Waals surface area contributed by atoms with E-state index in [0.717, 1.165) is 10.7 Å². The topological polar surface area (TPSA) is 54.8 Å². The quantitative estimate of drug-likeness (QED) is 0.801. The van der Waals surface area contributed by atoms with Crippen LogP contribution in [0.3, 0.4) is 0 Å². The summed E-state index contributed by atoms with van der Waals surface area (Å²) in [4.78, 5) is 22.8. The van der Waals surface area contributed by atoms with Gasteiger partial charge in [-0.1, -0.05) is 0 Å². The minimum absolute atomic E-state index is 0.329. The Morgan fingerprint density at radius 2 is 2.04 bits per heavy atom. The number of anilines is 1. The Hall–Kier alpha value is -2.54. The molecule has 0 N–H and O–H groups in total. The van der Waals surface area contributed by atoms with Gasteiger partial charge in [0.2, 0.25) is 0 Å². The number of carbonyl (C=O) groups excluding carboxylic acids is 1. The van der Waals surface area contributed by atoms with Gasteiger partial charge in [0.15, 0.2) is 10.8 Å². The number of hydrogen-bond acceptors (Lipinski definition) is 6. The Labute approximate surface area is 143 Å². The zero-order valence-corrected chi connectivity index (χ0v) is 14.3. The van der Waals surface area contributed by atoms with Crippen molar-refractivity contribution in [3.63, 3.8) is 0 Å². The average Bonchev–Trinajstić information content (AvgIpc) is 3.01. The molecule has 2 aromatic rings. The van der Waals surface area contributed by atoms with Gasteiger partial charge in [0, 0.05) is 23.0 Å². The Bertz CT molecular complexity index is 827. The number of ether oxygens (including phenoxy) is 1. The van der Waals surface area contributed by atoms with E-state index in [1.165, 1.54) is 30.6 Å². The van der Waals surface area contributed by atoms with Gasteiger partial charge in [-0.15, -0.1) is 11.3 Å². The molecule has 0 saturated carbocycles. The van der Waals surface area contributed by atoms with Crippen LogP contribution in [0.4, 0.5) is 10.1 Å². The van der Waals surface area contributed by atoms with Crippen LogP contribution in [0.15, 0.2) is 46.4 Å². The highest BCUT2D eigenvalue weighted by molar-refractivity contribution is 7.12. The van der Waals surface area contributed by atoms with E-state index in [-0.39, 0.29) is 11.9 Å². The van der Waals surface area contributed by atoms with Crippen molar-refractivity contribution in [1.29, 1.82) is 0 Å². The second-order valence-corrected chi connectivity index (χ2v) is 6.20. The highest BCUT2D eigenvalue weighted by atomic mass is 32.1.